The van der Waals surface area contributed by atoms with E-state index in [9.17, 15) is 9.59 Å². The highest BCUT2D eigenvalue weighted by molar-refractivity contribution is 5.99. The van der Waals surface area contributed by atoms with Gasteiger partial charge in [-0.1, -0.05) is 0 Å². The molecule has 8 heteroatoms. The molecule has 0 spiro atoms. The largest absolute Gasteiger partial charge is 0.462 e. The first kappa shape index (κ1) is 15.1. The molecule has 2 N–H and O–H groups in total. The molecule has 1 rings (SSSR count). The minimum absolute atomic E-state index is 0.0768. The van der Waals surface area contributed by atoms with E-state index in [1.807, 2.05) is 0 Å². The number of esters is 2. The van der Waals surface area contributed by atoms with Gasteiger partial charge < -0.3 is 19.8 Å². The van der Waals surface area contributed by atoms with Gasteiger partial charge in [0, 0.05) is 0 Å². The fourth-order valence-corrected chi connectivity index (χ4v) is 1.14. The molecule has 0 saturated heterocycles. The van der Waals surface area contributed by atoms with Crippen LogP contribution in [0.3, 0.4) is 0 Å². The third-order valence-corrected chi connectivity index (χ3v) is 1.98. The summed E-state index contributed by atoms with van der Waals surface area (Å²) in [6.07, 6.45) is 2.98. The molecule has 1 atom stereocenters. The molecule has 106 valence electrons. The summed E-state index contributed by atoms with van der Waals surface area (Å²) in [7, 11) is 0. The monoisotopic (exact) mass is 270 g/mol. The summed E-state index contributed by atoms with van der Waals surface area (Å²) in [4.78, 5) is 23.0. The van der Waals surface area contributed by atoms with E-state index in [0.29, 0.717) is 6.54 Å². The van der Waals surface area contributed by atoms with Crippen molar-refractivity contribution in [1.29, 1.82) is 0 Å². The molecule has 0 aromatic carbocycles. The lowest BCUT2D eigenvalue weighted by Gasteiger charge is -2.21. The van der Waals surface area contributed by atoms with Crippen LogP contribution >= 0.6 is 0 Å². The molecule has 0 aliphatic rings. The van der Waals surface area contributed by atoms with Gasteiger partial charge in [-0.15, -0.1) is 10.2 Å². The van der Waals surface area contributed by atoms with Gasteiger partial charge in [0.05, 0.1) is 6.54 Å². The maximum Gasteiger partial charge on any atom is 0.335 e. The van der Waals surface area contributed by atoms with E-state index in [0.717, 1.165) is 0 Å². The summed E-state index contributed by atoms with van der Waals surface area (Å²) < 4.78 is 11.5. The summed E-state index contributed by atoms with van der Waals surface area (Å²) >= 11 is 0. The maximum atomic E-state index is 11.5. The number of hydrogen-bond acceptors (Lipinski definition) is 7. The Hall–Kier alpha value is -1.96. The van der Waals surface area contributed by atoms with Crippen molar-refractivity contribution in [1.82, 2.24) is 14.8 Å². The van der Waals surface area contributed by atoms with Crippen molar-refractivity contribution in [3.63, 3.8) is 0 Å². The number of carbonyl (C=O) groups is 2. The van der Waals surface area contributed by atoms with E-state index >= 15 is 0 Å². The van der Waals surface area contributed by atoms with Crippen LogP contribution in [-0.2, 0) is 25.6 Å². The van der Waals surface area contributed by atoms with Crippen LogP contribution in [0.5, 0.6) is 0 Å². The minimum Gasteiger partial charge on any atom is -0.462 e. The Morgan fingerprint density at radius 2 is 1.84 bits per heavy atom. The minimum atomic E-state index is -1.43. The molecule has 1 aromatic heterocycles. The van der Waals surface area contributed by atoms with Crippen LogP contribution in [0.25, 0.3) is 0 Å². The van der Waals surface area contributed by atoms with E-state index in [2.05, 4.69) is 10.2 Å². The lowest BCUT2D eigenvalue weighted by atomic mass is 10.2. The van der Waals surface area contributed by atoms with Crippen molar-refractivity contribution >= 4 is 11.9 Å². The fourth-order valence-electron chi connectivity index (χ4n) is 1.14. The highest BCUT2D eigenvalue weighted by Gasteiger charge is 2.28. The zero-order chi connectivity index (χ0) is 14.5. The van der Waals surface area contributed by atoms with Gasteiger partial charge in [0.1, 0.15) is 24.9 Å². The third-order valence-electron chi connectivity index (χ3n) is 1.98. The van der Waals surface area contributed by atoms with Gasteiger partial charge in [-0.05, 0) is 20.8 Å². The number of rotatable bonds is 5. The van der Waals surface area contributed by atoms with E-state index in [-0.39, 0.29) is 6.61 Å². The molecule has 0 saturated carbocycles. The molecule has 0 bridgehead atoms. The lowest BCUT2D eigenvalue weighted by Crippen LogP contribution is -2.44. The number of nitrogens with two attached hydrogens (primary N) is 1. The molecule has 0 aliphatic heterocycles. The Bertz CT molecular complexity index is 424. The van der Waals surface area contributed by atoms with Crippen LogP contribution in [0.15, 0.2) is 12.7 Å². The van der Waals surface area contributed by atoms with Crippen LogP contribution in [0.4, 0.5) is 0 Å². The number of hydrogen-bond donors (Lipinski definition) is 1. The molecular formula is C11H18N4O4. The predicted molar refractivity (Wildman–Crippen MR) is 64.8 cm³/mol. The van der Waals surface area contributed by atoms with E-state index < -0.39 is 23.6 Å². The number of aromatic nitrogens is 3. The Balaban J connectivity index is 2.34. The SMILES string of the molecule is CC(C)(C)OC(=O)C(N)C(=O)OCCn1cnnc1. The van der Waals surface area contributed by atoms with Gasteiger partial charge in [-0.25, -0.2) is 9.59 Å². The third kappa shape index (κ3) is 5.47. The maximum absolute atomic E-state index is 11.5. The first-order chi connectivity index (χ1) is 8.79. The topological polar surface area (TPSA) is 109 Å². The van der Waals surface area contributed by atoms with Crippen molar-refractivity contribution in [3.8, 4) is 0 Å². The fraction of sp³-hybridized carbons (Fsp3) is 0.636. The van der Waals surface area contributed by atoms with Gasteiger partial charge in [-0.2, -0.15) is 0 Å². The average Bonchev–Trinajstić information content (AvgIpc) is 2.78. The zero-order valence-corrected chi connectivity index (χ0v) is 11.2. The lowest BCUT2D eigenvalue weighted by molar-refractivity contribution is -0.164. The number of carbonyl (C=O) groups excluding carboxylic acids is 2. The molecule has 1 heterocycles. The quantitative estimate of drug-likeness (QED) is 0.566. The summed E-state index contributed by atoms with van der Waals surface area (Å²) in [5, 5.41) is 7.19. The van der Waals surface area contributed by atoms with Crippen molar-refractivity contribution < 1.29 is 19.1 Å². The van der Waals surface area contributed by atoms with E-state index in [1.54, 1.807) is 25.3 Å². The van der Waals surface area contributed by atoms with Crippen LogP contribution < -0.4 is 5.73 Å². The molecule has 8 nitrogen and oxygen atoms in total. The van der Waals surface area contributed by atoms with Crippen LogP contribution in [0.2, 0.25) is 0 Å². The van der Waals surface area contributed by atoms with Gasteiger partial charge in [0.2, 0.25) is 6.04 Å². The summed E-state index contributed by atoms with van der Waals surface area (Å²) in [5.41, 5.74) is 4.75. The number of ether oxygens (including phenoxy) is 2. The molecular weight excluding hydrogens is 252 g/mol. The second-order valence-corrected chi connectivity index (χ2v) is 4.88. The van der Waals surface area contributed by atoms with Gasteiger partial charge in [-0.3, -0.25) is 0 Å². The Morgan fingerprint density at radius 3 is 2.37 bits per heavy atom. The van der Waals surface area contributed by atoms with Gasteiger partial charge in [0.25, 0.3) is 0 Å². The smallest absolute Gasteiger partial charge is 0.335 e. The molecule has 1 unspecified atom stereocenters. The molecule has 0 amide bonds. The van der Waals surface area contributed by atoms with Crippen molar-refractivity contribution in [2.45, 2.75) is 39.0 Å². The zero-order valence-electron chi connectivity index (χ0n) is 11.2. The summed E-state index contributed by atoms with van der Waals surface area (Å²) in [5.74, 6) is -1.62. The first-order valence-electron chi connectivity index (χ1n) is 5.77. The van der Waals surface area contributed by atoms with Crippen LogP contribution in [-0.4, -0.2) is 45.0 Å². The van der Waals surface area contributed by atoms with Crippen LogP contribution in [0.1, 0.15) is 20.8 Å². The predicted octanol–water partition coefficient (Wildman–Crippen LogP) is -0.510. The van der Waals surface area contributed by atoms with Gasteiger partial charge in [0.15, 0.2) is 0 Å². The first-order valence-corrected chi connectivity index (χ1v) is 5.77. The van der Waals surface area contributed by atoms with Crippen molar-refractivity contribution in [2.75, 3.05) is 6.61 Å². The molecule has 0 fully saturated rings. The Morgan fingerprint density at radius 1 is 1.26 bits per heavy atom. The van der Waals surface area contributed by atoms with E-state index in [4.69, 9.17) is 15.2 Å². The summed E-state index contributed by atoms with van der Waals surface area (Å²) in [6, 6.07) is -1.43. The Labute approximate surface area is 110 Å². The van der Waals surface area contributed by atoms with Crippen molar-refractivity contribution in [3.05, 3.63) is 12.7 Å². The highest BCUT2D eigenvalue weighted by atomic mass is 16.6. The second-order valence-electron chi connectivity index (χ2n) is 4.88. The second kappa shape index (κ2) is 6.28. The Kier molecular flexibility index (Phi) is 4.99. The van der Waals surface area contributed by atoms with E-state index in [1.165, 1.54) is 12.7 Å². The molecule has 0 aliphatic carbocycles. The van der Waals surface area contributed by atoms with Crippen molar-refractivity contribution in [2.24, 2.45) is 5.73 Å². The highest BCUT2D eigenvalue weighted by Crippen LogP contribution is 2.08. The molecule has 19 heavy (non-hydrogen) atoms. The molecule has 1 aromatic rings. The van der Waals surface area contributed by atoms with Gasteiger partial charge >= 0.3 is 11.9 Å². The number of nitrogens with zero attached hydrogens (tertiary/aromatic N) is 3. The summed E-state index contributed by atoms with van der Waals surface area (Å²) in [6.45, 7) is 5.53. The normalized spacial score (nSPS) is 12.8. The average molecular weight is 270 g/mol. The van der Waals surface area contributed by atoms with Crippen LogP contribution in [0, 0.1) is 0 Å². The standard InChI is InChI=1S/C11H18N4O4/c1-11(2,3)19-10(17)8(12)9(16)18-5-4-15-6-13-14-7-15/h6-8H,4-5,12H2,1-3H3. The molecule has 0 radical (unpaired) electrons.